The van der Waals surface area contributed by atoms with Crippen molar-refractivity contribution in [2.75, 3.05) is 6.54 Å². The maximum Gasteiger partial charge on any atom is 0.299 e. The maximum absolute atomic E-state index is 10.6. The lowest BCUT2D eigenvalue weighted by Crippen LogP contribution is -2.27. The second-order valence-electron chi connectivity index (χ2n) is 1.94. The summed E-state index contributed by atoms with van der Waals surface area (Å²) in [6, 6.07) is 0. The standard InChI is InChI=1S/C5H8N2O2S/c6-2-1-3-7-4(8)5(9)10-3/h3H,1-2,6H2,(H,7,8). The highest BCUT2D eigenvalue weighted by Crippen LogP contribution is 2.18. The molecule has 0 aliphatic carbocycles. The van der Waals surface area contributed by atoms with E-state index in [0.29, 0.717) is 13.0 Å². The van der Waals surface area contributed by atoms with Crippen molar-refractivity contribution in [3.05, 3.63) is 0 Å². The number of nitrogens with one attached hydrogen (secondary N) is 1. The van der Waals surface area contributed by atoms with E-state index < -0.39 is 11.0 Å². The summed E-state index contributed by atoms with van der Waals surface area (Å²) in [5, 5.41) is 2.00. The Morgan fingerprint density at radius 3 is 2.70 bits per heavy atom. The number of hydrogen-bond donors (Lipinski definition) is 2. The van der Waals surface area contributed by atoms with Crippen LogP contribution in [0.1, 0.15) is 6.42 Å². The number of amides is 1. The zero-order valence-corrected chi connectivity index (χ0v) is 6.11. The van der Waals surface area contributed by atoms with Crippen LogP contribution in [0.5, 0.6) is 0 Å². The Kier molecular flexibility index (Phi) is 2.29. The van der Waals surface area contributed by atoms with Crippen molar-refractivity contribution in [2.24, 2.45) is 5.73 Å². The summed E-state index contributed by atoms with van der Waals surface area (Å²) in [4.78, 5) is 21.1. The summed E-state index contributed by atoms with van der Waals surface area (Å²) < 4.78 is 0. The number of hydrogen-bond acceptors (Lipinski definition) is 4. The molecule has 1 atom stereocenters. The molecule has 56 valence electrons. The molecule has 0 radical (unpaired) electrons. The first-order chi connectivity index (χ1) is 4.74. The number of rotatable bonds is 2. The van der Waals surface area contributed by atoms with Crippen LogP contribution in [0.2, 0.25) is 0 Å². The van der Waals surface area contributed by atoms with E-state index in [1.54, 1.807) is 0 Å². The third-order valence-corrected chi connectivity index (χ3v) is 2.19. The first-order valence-electron chi connectivity index (χ1n) is 2.95. The lowest BCUT2D eigenvalue weighted by molar-refractivity contribution is -0.132. The Hall–Kier alpha value is -0.550. The van der Waals surface area contributed by atoms with Gasteiger partial charge < -0.3 is 11.1 Å². The molecule has 0 aromatic carbocycles. The molecule has 0 aromatic heterocycles. The maximum atomic E-state index is 10.6. The molecular weight excluding hydrogens is 152 g/mol. The van der Waals surface area contributed by atoms with E-state index in [1.165, 1.54) is 0 Å². The third kappa shape index (κ3) is 1.48. The van der Waals surface area contributed by atoms with Gasteiger partial charge in [0.25, 0.3) is 11.0 Å². The molecule has 1 unspecified atom stereocenters. The lowest BCUT2D eigenvalue weighted by atomic mass is 10.4. The van der Waals surface area contributed by atoms with Crippen LogP contribution in [0.4, 0.5) is 0 Å². The van der Waals surface area contributed by atoms with E-state index >= 15 is 0 Å². The predicted octanol–water partition coefficient (Wildman–Crippen LogP) is -0.949. The van der Waals surface area contributed by atoms with Crippen molar-refractivity contribution in [1.82, 2.24) is 5.32 Å². The molecule has 1 fully saturated rings. The minimum atomic E-state index is -0.497. The molecule has 0 bridgehead atoms. The Labute approximate surface area is 62.5 Å². The van der Waals surface area contributed by atoms with Gasteiger partial charge in [0.05, 0.1) is 5.37 Å². The van der Waals surface area contributed by atoms with Crippen LogP contribution >= 0.6 is 11.8 Å². The Morgan fingerprint density at radius 2 is 2.30 bits per heavy atom. The molecule has 1 rings (SSSR count). The Balaban J connectivity index is 2.41. The van der Waals surface area contributed by atoms with Gasteiger partial charge in [-0.15, -0.1) is 0 Å². The summed E-state index contributed by atoms with van der Waals surface area (Å²) in [6.45, 7) is 0.491. The van der Waals surface area contributed by atoms with Crippen molar-refractivity contribution < 1.29 is 9.59 Å². The first kappa shape index (κ1) is 7.56. The molecule has 1 heterocycles. The van der Waals surface area contributed by atoms with Crippen LogP contribution in [-0.4, -0.2) is 22.9 Å². The van der Waals surface area contributed by atoms with Gasteiger partial charge in [0.1, 0.15) is 0 Å². The van der Waals surface area contributed by atoms with E-state index in [9.17, 15) is 9.59 Å². The first-order valence-corrected chi connectivity index (χ1v) is 3.83. The Morgan fingerprint density at radius 1 is 1.60 bits per heavy atom. The molecule has 4 nitrogen and oxygen atoms in total. The van der Waals surface area contributed by atoms with Crippen LogP contribution in [0.25, 0.3) is 0 Å². The average Bonchev–Trinajstić information content (AvgIpc) is 2.14. The third-order valence-electron chi connectivity index (χ3n) is 1.16. The van der Waals surface area contributed by atoms with Gasteiger partial charge in [-0.25, -0.2) is 0 Å². The smallest absolute Gasteiger partial charge is 0.299 e. The molecule has 5 heteroatoms. The van der Waals surface area contributed by atoms with Crippen LogP contribution < -0.4 is 11.1 Å². The van der Waals surface area contributed by atoms with Crippen molar-refractivity contribution in [2.45, 2.75) is 11.8 Å². The Bertz CT molecular complexity index is 155. The second-order valence-corrected chi connectivity index (χ2v) is 3.12. The molecule has 1 aliphatic rings. The van der Waals surface area contributed by atoms with E-state index in [-0.39, 0.29) is 5.37 Å². The summed E-state index contributed by atoms with van der Waals surface area (Å²) >= 11 is 1.02. The number of thioether (sulfide) groups is 1. The molecule has 1 aliphatic heterocycles. The molecular formula is C5H8N2O2S. The molecule has 0 spiro atoms. The number of carbonyl (C=O) groups is 2. The summed E-state index contributed by atoms with van der Waals surface area (Å²) in [6.07, 6.45) is 0.655. The van der Waals surface area contributed by atoms with Gasteiger partial charge in [-0.05, 0) is 13.0 Å². The molecule has 1 saturated heterocycles. The monoisotopic (exact) mass is 160 g/mol. The van der Waals surface area contributed by atoms with Crippen LogP contribution in [0.15, 0.2) is 0 Å². The highest BCUT2D eigenvalue weighted by atomic mass is 32.2. The zero-order valence-electron chi connectivity index (χ0n) is 5.29. The van der Waals surface area contributed by atoms with Crippen LogP contribution in [-0.2, 0) is 9.59 Å². The summed E-state index contributed by atoms with van der Waals surface area (Å²) in [5.74, 6) is -0.497. The van der Waals surface area contributed by atoms with Gasteiger partial charge in [-0.2, -0.15) is 0 Å². The van der Waals surface area contributed by atoms with Gasteiger partial charge in [0.15, 0.2) is 0 Å². The van der Waals surface area contributed by atoms with Gasteiger partial charge in [-0.3, -0.25) is 9.59 Å². The molecule has 10 heavy (non-hydrogen) atoms. The van der Waals surface area contributed by atoms with Crippen molar-refractivity contribution in [3.63, 3.8) is 0 Å². The second kappa shape index (κ2) is 3.03. The molecule has 0 saturated carbocycles. The van der Waals surface area contributed by atoms with Gasteiger partial charge in [0, 0.05) is 0 Å². The van der Waals surface area contributed by atoms with Gasteiger partial charge in [0.2, 0.25) is 0 Å². The van der Waals surface area contributed by atoms with E-state index in [4.69, 9.17) is 5.73 Å². The fraction of sp³-hybridized carbons (Fsp3) is 0.600. The van der Waals surface area contributed by atoms with Gasteiger partial charge in [-0.1, -0.05) is 11.8 Å². The molecule has 3 N–H and O–H groups in total. The SMILES string of the molecule is NCCC1NC(=O)C(=O)S1. The quantitative estimate of drug-likeness (QED) is 0.511. The van der Waals surface area contributed by atoms with Crippen molar-refractivity contribution >= 4 is 22.8 Å². The minimum absolute atomic E-state index is 0.0926. The highest BCUT2D eigenvalue weighted by molar-refractivity contribution is 8.16. The van der Waals surface area contributed by atoms with E-state index in [2.05, 4.69) is 5.32 Å². The number of carbonyl (C=O) groups excluding carboxylic acids is 2. The summed E-state index contributed by atoms with van der Waals surface area (Å²) in [5.41, 5.74) is 5.22. The topological polar surface area (TPSA) is 72.2 Å². The molecule has 0 aromatic rings. The van der Waals surface area contributed by atoms with E-state index in [0.717, 1.165) is 11.8 Å². The average molecular weight is 160 g/mol. The van der Waals surface area contributed by atoms with Gasteiger partial charge >= 0.3 is 0 Å². The fourth-order valence-corrected chi connectivity index (χ4v) is 1.54. The predicted molar refractivity (Wildman–Crippen MR) is 38.2 cm³/mol. The minimum Gasteiger partial charge on any atom is -0.336 e. The van der Waals surface area contributed by atoms with Crippen LogP contribution in [0.3, 0.4) is 0 Å². The fourth-order valence-electron chi connectivity index (χ4n) is 0.700. The zero-order chi connectivity index (χ0) is 7.56. The van der Waals surface area contributed by atoms with Crippen molar-refractivity contribution in [1.29, 1.82) is 0 Å². The largest absolute Gasteiger partial charge is 0.336 e. The normalized spacial score (nSPS) is 25.1. The molecule has 1 amide bonds. The number of nitrogens with two attached hydrogens (primary N) is 1. The van der Waals surface area contributed by atoms with Crippen LogP contribution in [0, 0.1) is 0 Å². The van der Waals surface area contributed by atoms with Crippen molar-refractivity contribution in [3.8, 4) is 0 Å². The lowest BCUT2D eigenvalue weighted by Gasteiger charge is -2.03. The van der Waals surface area contributed by atoms with E-state index in [1.807, 2.05) is 0 Å². The summed E-state index contributed by atoms with van der Waals surface area (Å²) in [7, 11) is 0. The highest BCUT2D eigenvalue weighted by Gasteiger charge is 2.29.